The number of aryl methyl sites for hydroxylation is 1. The van der Waals surface area contributed by atoms with Crippen molar-refractivity contribution in [2.24, 2.45) is 0 Å². The lowest BCUT2D eigenvalue weighted by Gasteiger charge is -2.21. The van der Waals surface area contributed by atoms with E-state index in [1.165, 1.54) is 31.3 Å². The summed E-state index contributed by atoms with van der Waals surface area (Å²) in [5, 5.41) is 16.1. The first-order valence-electron chi connectivity index (χ1n) is 8.12. The standard InChI is InChI=1S/C19H17ClN2O5/c1-10-3-8-13(20)15-16(10)22-17(24)19(15,26)9-14(23)11-4-6-12(7-5-11)27-18(25)21-2/h3-8,26H,9H2,1-2H3,(H,21,25)(H,22,24). The number of ketones is 1. The van der Waals surface area contributed by atoms with E-state index < -0.39 is 29.8 Å². The quantitative estimate of drug-likeness (QED) is 0.698. The van der Waals surface area contributed by atoms with E-state index >= 15 is 0 Å². The molecule has 2 amide bonds. The molecule has 0 aromatic heterocycles. The lowest BCUT2D eigenvalue weighted by molar-refractivity contribution is -0.133. The SMILES string of the molecule is CNC(=O)Oc1ccc(C(=O)CC2(O)C(=O)Nc3c(C)ccc(Cl)c32)cc1. The molecule has 0 spiro atoms. The topological polar surface area (TPSA) is 105 Å². The molecule has 1 aliphatic heterocycles. The number of Topliss-reactive ketones (excluding diaryl/α,β-unsaturated/α-hetero) is 1. The second kappa shape index (κ2) is 7.02. The van der Waals surface area contributed by atoms with Crippen molar-refractivity contribution in [1.29, 1.82) is 0 Å². The zero-order valence-corrected chi connectivity index (χ0v) is 15.4. The molecule has 1 unspecified atom stereocenters. The molecule has 0 bridgehead atoms. The first-order valence-corrected chi connectivity index (χ1v) is 8.50. The maximum atomic E-state index is 12.6. The van der Waals surface area contributed by atoms with Crippen molar-refractivity contribution < 1.29 is 24.2 Å². The van der Waals surface area contributed by atoms with Crippen LogP contribution in [0.1, 0.15) is 27.9 Å². The Balaban J connectivity index is 1.85. The summed E-state index contributed by atoms with van der Waals surface area (Å²) in [6.07, 6.45) is -1.10. The number of benzene rings is 2. The van der Waals surface area contributed by atoms with Crippen LogP contribution >= 0.6 is 11.6 Å². The van der Waals surface area contributed by atoms with Crippen LogP contribution in [-0.2, 0) is 10.4 Å². The van der Waals surface area contributed by atoms with Crippen molar-refractivity contribution in [3.8, 4) is 5.75 Å². The summed E-state index contributed by atoms with van der Waals surface area (Å²) in [4.78, 5) is 36.2. The summed E-state index contributed by atoms with van der Waals surface area (Å²) in [6.45, 7) is 1.77. The molecule has 2 aromatic rings. The number of hydrogen-bond donors (Lipinski definition) is 3. The average molecular weight is 389 g/mol. The van der Waals surface area contributed by atoms with Crippen molar-refractivity contribution in [3.63, 3.8) is 0 Å². The van der Waals surface area contributed by atoms with Crippen LogP contribution in [0.15, 0.2) is 36.4 Å². The van der Waals surface area contributed by atoms with Gasteiger partial charge in [-0.3, -0.25) is 9.59 Å². The molecule has 3 N–H and O–H groups in total. The van der Waals surface area contributed by atoms with Gasteiger partial charge < -0.3 is 20.5 Å². The summed E-state index contributed by atoms with van der Waals surface area (Å²) in [7, 11) is 1.43. The van der Waals surface area contributed by atoms with Crippen LogP contribution in [0, 0.1) is 6.92 Å². The molecular weight excluding hydrogens is 372 g/mol. The number of aliphatic hydroxyl groups is 1. The second-order valence-electron chi connectivity index (χ2n) is 6.19. The Hall–Kier alpha value is -2.90. The molecule has 0 aliphatic carbocycles. The first-order chi connectivity index (χ1) is 12.8. The minimum absolute atomic E-state index is 0.207. The zero-order chi connectivity index (χ0) is 19.8. The molecule has 1 aliphatic rings. The molecule has 140 valence electrons. The molecule has 0 radical (unpaired) electrons. The van der Waals surface area contributed by atoms with Gasteiger partial charge in [0, 0.05) is 23.2 Å². The van der Waals surface area contributed by atoms with Crippen LogP contribution in [0.4, 0.5) is 10.5 Å². The Kier molecular flexibility index (Phi) is 4.91. The van der Waals surface area contributed by atoms with Gasteiger partial charge in [-0.25, -0.2) is 4.79 Å². The number of carbonyl (C=O) groups excluding carboxylic acids is 3. The predicted octanol–water partition coefficient (Wildman–Crippen LogP) is 2.78. The number of rotatable bonds is 4. The van der Waals surface area contributed by atoms with E-state index in [1.54, 1.807) is 19.1 Å². The summed E-state index contributed by atoms with van der Waals surface area (Å²) in [6, 6.07) is 9.11. The van der Waals surface area contributed by atoms with Gasteiger partial charge in [0.25, 0.3) is 5.91 Å². The maximum Gasteiger partial charge on any atom is 0.412 e. The van der Waals surface area contributed by atoms with Gasteiger partial charge in [-0.15, -0.1) is 0 Å². The fourth-order valence-corrected chi connectivity index (χ4v) is 3.26. The molecule has 0 saturated heterocycles. The molecule has 7 nitrogen and oxygen atoms in total. The van der Waals surface area contributed by atoms with E-state index in [9.17, 15) is 19.5 Å². The third-order valence-electron chi connectivity index (χ3n) is 4.40. The van der Waals surface area contributed by atoms with Crippen molar-refractivity contribution >= 4 is 35.1 Å². The van der Waals surface area contributed by atoms with Crippen LogP contribution in [0.2, 0.25) is 5.02 Å². The minimum Gasteiger partial charge on any atom is -0.410 e. The van der Waals surface area contributed by atoms with Gasteiger partial charge in [0.15, 0.2) is 11.4 Å². The fraction of sp³-hybridized carbons (Fsp3) is 0.211. The van der Waals surface area contributed by atoms with E-state index in [2.05, 4.69) is 10.6 Å². The highest BCUT2D eigenvalue weighted by Crippen LogP contribution is 2.44. The van der Waals surface area contributed by atoms with Crippen LogP contribution in [0.3, 0.4) is 0 Å². The van der Waals surface area contributed by atoms with E-state index in [1.807, 2.05) is 0 Å². The molecule has 0 saturated carbocycles. The molecule has 3 rings (SSSR count). The van der Waals surface area contributed by atoms with Crippen molar-refractivity contribution in [3.05, 3.63) is 58.1 Å². The molecule has 0 fully saturated rings. The number of carbonyl (C=O) groups is 3. The Morgan fingerprint density at radius 2 is 1.89 bits per heavy atom. The highest BCUT2D eigenvalue weighted by molar-refractivity contribution is 6.33. The number of fused-ring (bicyclic) bond motifs is 1. The van der Waals surface area contributed by atoms with E-state index in [4.69, 9.17) is 16.3 Å². The lowest BCUT2D eigenvalue weighted by Crippen LogP contribution is -2.36. The predicted molar refractivity (Wildman–Crippen MR) is 99.2 cm³/mol. The Labute approximate surface area is 160 Å². The minimum atomic E-state index is -2.05. The van der Waals surface area contributed by atoms with Crippen molar-refractivity contribution in [2.45, 2.75) is 18.9 Å². The second-order valence-corrected chi connectivity index (χ2v) is 6.60. The first kappa shape index (κ1) is 18.9. The third-order valence-corrected chi connectivity index (χ3v) is 4.71. The average Bonchev–Trinajstić information content (AvgIpc) is 2.90. The highest BCUT2D eigenvalue weighted by atomic mass is 35.5. The van der Waals surface area contributed by atoms with Crippen LogP contribution in [0.5, 0.6) is 5.75 Å². The van der Waals surface area contributed by atoms with Crippen LogP contribution < -0.4 is 15.4 Å². The monoisotopic (exact) mass is 388 g/mol. The molecule has 1 atom stereocenters. The van der Waals surface area contributed by atoms with Gasteiger partial charge in [0.1, 0.15) is 5.75 Å². The third kappa shape index (κ3) is 3.39. The Morgan fingerprint density at radius 1 is 1.22 bits per heavy atom. The largest absolute Gasteiger partial charge is 0.412 e. The van der Waals surface area contributed by atoms with Crippen molar-refractivity contribution in [2.75, 3.05) is 12.4 Å². The molecule has 27 heavy (non-hydrogen) atoms. The van der Waals surface area contributed by atoms with Gasteiger partial charge >= 0.3 is 6.09 Å². The summed E-state index contributed by atoms with van der Waals surface area (Å²) < 4.78 is 4.95. The van der Waals surface area contributed by atoms with Crippen LogP contribution in [-0.4, -0.2) is 29.9 Å². The number of halogens is 1. The smallest absolute Gasteiger partial charge is 0.410 e. The van der Waals surface area contributed by atoms with Crippen LogP contribution in [0.25, 0.3) is 0 Å². The highest BCUT2D eigenvalue weighted by Gasteiger charge is 2.48. The van der Waals surface area contributed by atoms with Gasteiger partial charge in [-0.05, 0) is 42.8 Å². The lowest BCUT2D eigenvalue weighted by atomic mass is 9.87. The number of nitrogens with one attached hydrogen (secondary N) is 2. The fourth-order valence-electron chi connectivity index (χ4n) is 2.95. The Morgan fingerprint density at radius 3 is 2.52 bits per heavy atom. The summed E-state index contributed by atoms with van der Waals surface area (Å²) in [5.41, 5.74) is -0.411. The Bertz CT molecular complexity index is 942. The molecular formula is C19H17ClN2O5. The normalized spacial score (nSPS) is 17.9. The van der Waals surface area contributed by atoms with E-state index in [0.717, 1.165) is 5.56 Å². The van der Waals surface area contributed by atoms with Gasteiger partial charge in [0.05, 0.1) is 12.1 Å². The van der Waals surface area contributed by atoms with Gasteiger partial charge in [-0.1, -0.05) is 17.7 Å². The number of hydrogen-bond acceptors (Lipinski definition) is 5. The summed E-state index contributed by atoms with van der Waals surface area (Å²) in [5.74, 6) is -0.890. The number of anilines is 1. The molecule has 2 aromatic carbocycles. The van der Waals surface area contributed by atoms with E-state index in [-0.39, 0.29) is 21.9 Å². The summed E-state index contributed by atoms with van der Waals surface area (Å²) >= 11 is 6.19. The van der Waals surface area contributed by atoms with E-state index in [0.29, 0.717) is 5.69 Å². The zero-order valence-electron chi connectivity index (χ0n) is 14.6. The molecule has 8 heteroatoms. The maximum absolute atomic E-state index is 12.6. The van der Waals surface area contributed by atoms with Crippen molar-refractivity contribution in [1.82, 2.24) is 5.32 Å². The molecule has 1 heterocycles. The van der Waals surface area contributed by atoms with Gasteiger partial charge in [-0.2, -0.15) is 0 Å². The number of ether oxygens (including phenoxy) is 1. The number of amides is 2. The van der Waals surface area contributed by atoms with Gasteiger partial charge in [0.2, 0.25) is 0 Å².